The van der Waals surface area contributed by atoms with Crippen molar-refractivity contribution in [3.05, 3.63) is 0 Å². The van der Waals surface area contributed by atoms with Crippen LogP contribution in [-0.2, 0) is 0 Å². The van der Waals surface area contributed by atoms with E-state index in [1.165, 1.54) is 0 Å². The maximum atomic E-state index is 11.5. The van der Waals surface area contributed by atoms with E-state index >= 15 is 0 Å². The van der Waals surface area contributed by atoms with Crippen molar-refractivity contribution >= 4 is 33.7 Å². The lowest BCUT2D eigenvalue weighted by Gasteiger charge is -1.98. The quantitative estimate of drug-likeness (QED) is 0.466. The highest BCUT2D eigenvalue weighted by molar-refractivity contribution is 9.08. The molecule has 0 aliphatic carbocycles. The van der Waals surface area contributed by atoms with Crippen LogP contribution in [0.25, 0.3) is 0 Å². The molecule has 0 aromatic heterocycles. The maximum Gasteiger partial charge on any atom is 0.391 e. The van der Waals surface area contributed by atoms with Gasteiger partial charge in [0.15, 0.2) is 0 Å². The third kappa shape index (κ3) is 2.52. The van der Waals surface area contributed by atoms with Crippen LogP contribution in [0, 0.1) is 0 Å². The summed E-state index contributed by atoms with van der Waals surface area (Å²) < 4.78 is 36.5. The summed E-state index contributed by atoms with van der Waals surface area (Å²) >= 11 is 6.21. The first-order chi connectivity index (χ1) is 3.48. The Labute approximate surface area is 56.9 Å². The molecule has 0 saturated heterocycles. The van der Waals surface area contributed by atoms with Gasteiger partial charge < -0.3 is 0 Å². The van der Waals surface area contributed by atoms with Gasteiger partial charge in [0.25, 0.3) is 5.97 Å². The standard InChI is InChI=1S/C2BrClF3N/c3-8-1(5)2(4,6)7. The van der Waals surface area contributed by atoms with Gasteiger partial charge in [-0.2, -0.15) is 17.2 Å². The molecule has 0 atom stereocenters. The summed E-state index contributed by atoms with van der Waals surface area (Å²) in [7, 11) is 0. The fraction of sp³-hybridized carbons (Fsp3) is 0.500. The summed E-state index contributed by atoms with van der Waals surface area (Å²) in [6, 6.07) is 0. The zero-order chi connectivity index (χ0) is 6.78. The molecule has 6 heteroatoms. The van der Waals surface area contributed by atoms with Crippen LogP contribution in [0.3, 0.4) is 0 Å². The van der Waals surface area contributed by atoms with Crippen LogP contribution in [0.1, 0.15) is 0 Å². The molecule has 0 bridgehead atoms. The third-order valence-electron chi connectivity index (χ3n) is 0.308. The van der Waals surface area contributed by atoms with Gasteiger partial charge in [-0.25, -0.2) is 0 Å². The average molecular weight is 210 g/mol. The first-order valence-electron chi connectivity index (χ1n) is 1.40. The van der Waals surface area contributed by atoms with Crippen LogP contribution in [0.4, 0.5) is 13.2 Å². The fourth-order valence-corrected chi connectivity index (χ4v) is 0.415. The molecule has 0 aliphatic heterocycles. The van der Waals surface area contributed by atoms with E-state index in [0.29, 0.717) is 0 Å². The van der Waals surface area contributed by atoms with Crippen molar-refractivity contribution in [1.82, 2.24) is 0 Å². The van der Waals surface area contributed by atoms with Gasteiger partial charge in [-0.1, -0.05) is 0 Å². The van der Waals surface area contributed by atoms with E-state index in [-0.39, 0.29) is 0 Å². The molecule has 0 aliphatic rings. The Kier molecular flexibility index (Phi) is 2.76. The van der Waals surface area contributed by atoms with Crippen molar-refractivity contribution in [2.24, 2.45) is 4.02 Å². The molecule has 0 radical (unpaired) electrons. The highest BCUT2D eigenvalue weighted by atomic mass is 79.9. The molecule has 8 heavy (non-hydrogen) atoms. The second-order valence-corrected chi connectivity index (χ2v) is 1.70. The summed E-state index contributed by atoms with van der Waals surface area (Å²) in [6.07, 6.45) is 0. The van der Waals surface area contributed by atoms with Crippen LogP contribution in [-0.4, -0.2) is 11.3 Å². The Bertz CT molecular complexity index is 108. The van der Waals surface area contributed by atoms with Gasteiger partial charge in [-0.05, 0) is 11.6 Å². The topological polar surface area (TPSA) is 12.4 Å². The number of nitrogens with zero attached hydrogens (tertiary/aromatic N) is 1. The summed E-state index contributed by atoms with van der Waals surface area (Å²) in [6.45, 7) is 0. The molecule has 0 unspecified atom stereocenters. The van der Waals surface area contributed by atoms with E-state index in [4.69, 9.17) is 0 Å². The van der Waals surface area contributed by atoms with Crippen LogP contribution < -0.4 is 0 Å². The minimum absolute atomic E-state index is 1.95. The Morgan fingerprint density at radius 2 is 2.00 bits per heavy atom. The van der Waals surface area contributed by atoms with Crippen molar-refractivity contribution in [2.75, 3.05) is 0 Å². The summed E-state index contributed by atoms with van der Waals surface area (Å²) in [5.41, 5.74) is 0. The Balaban J connectivity index is 4.03. The third-order valence-corrected chi connectivity index (χ3v) is 0.775. The minimum atomic E-state index is -3.98. The Morgan fingerprint density at radius 1 is 1.62 bits per heavy atom. The molecular weight excluding hydrogens is 210 g/mol. The van der Waals surface area contributed by atoms with Gasteiger partial charge in [0.05, 0.1) is 16.1 Å². The van der Waals surface area contributed by atoms with E-state index in [9.17, 15) is 13.2 Å². The predicted molar refractivity (Wildman–Crippen MR) is 28.3 cm³/mol. The molecule has 0 aromatic carbocycles. The maximum absolute atomic E-state index is 11.5. The monoisotopic (exact) mass is 209 g/mol. The molecule has 0 amide bonds. The second-order valence-electron chi connectivity index (χ2n) is 0.873. The molecular formula is C2BrClF3N. The van der Waals surface area contributed by atoms with Crippen LogP contribution in [0.15, 0.2) is 4.02 Å². The zero-order valence-electron chi connectivity index (χ0n) is 3.34. The first kappa shape index (κ1) is 8.23. The average Bonchev–Trinajstić information content (AvgIpc) is 1.62. The minimum Gasteiger partial charge on any atom is -0.181 e. The van der Waals surface area contributed by atoms with Gasteiger partial charge in [0.1, 0.15) is 0 Å². The lowest BCUT2D eigenvalue weighted by molar-refractivity contribution is 0.162. The lowest BCUT2D eigenvalue weighted by Crippen LogP contribution is -2.15. The molecule has 48 valence electrons. The van der Waals surface area contributed by atoms with Crippen molar-refractivity contribution in [1.29, 1.82) is 0 Å². The van der Waals surface area contributed by atoms with E-state index < -0.39 is 11.3 Å². The number of hydrogen-bond acceptors (Lipinski definition) is 1. The molecule has 1 nitrogen and oxygen atoms in total. The smallest absolute Gasteiger partial charge is 0.181 e. The van der Waals surface area contributed by atoms with E-state index in [1.807, 2.05) is 0 Å². The number of rotatable bonds is 1. The van der Waals surface area contributed by atoms with E-state index in [2.05, 4.69) is 31.8 Å². The summed E-state index contributed by atoms with van der Waals surface area (Å²) in [5.74, 6) is -1.95. The number of halogens is 5. The molecule has 0 aromatic rings. The van der Waals surface area contributed by atoms with Gasteiger partial charge in [0.2, 0.25) is 0 Å². The number of alkyl halides is 3. The van der Waals surface area contributed by atoms with Crippen LogP contribution in [0.5, 0.6) is 0 Å². The van der Waals surface area contributed by atoms with Gasteiger partial charge >= 0.3 is 5.38 Å². The summed E-state index contributed by atoms with van der Waals surface area (Å²) in [4.78, 5) is 0. The molecule has 0 rings (SSSR count). The second kappa shape index (κ2) is 2.68. The Hall–Kier alpha value is 0.230. The molecule has 0 heterocycles. The molecule has 0 N–H and O–H groups in total. The van der Waals surface area contributed by atoms with Crippen LogP contribution >= 0.6 is 27.7 Å². The summed E-state index contributed by atoms with van der Waals surface area (Å²) in [5, 5.41) is -3.98. The van der Waals surface area contributed by atoms with Crippen LogP contribution in [0.2, 0.25) is 0 Å². The van der Waals surface area contributed by atoms with Crippen molar-refractivity contribution in [3.8, 4) is 0 Å². The van der Waals surface area contributed by atoms with Gasteiger partial charge in [-0.3, -0.25) is 0 Å². The van der Waals surface area contributed by atoms with Gasteiger partial charge in [0, 0.05) is 0 Å². The molecule has 0 spiro atoms. The van der Waals surface area contributed by atoms with Crippen molar-refractivity contribution in [3.63, 3.8) is 0 Å². The zero-order valence-corrected chi connectivity index (χ0v) is 5.68. The molecule has 0 saturated carbocycles. The highest BCUT2D eigenvalue weighted by Gasteiger charge is 2.33. The number of hydrogen-bond donors (Lipinski definition) is 0. The van der Waals surface area contributed by atoms with Gasteiger partial charge in [-0.15, -0.1) is 0 Å². The Morgan fingerprint density at radius 3 is 2.00 bits per heavy atom. The SMILES string of the molecule is FC(=NBr)C(F)(F)Cl. The van der Waals surface area contributed by atoms with E-state index in [0.717, 1.165) is 0 Å². The lowest BCUT2D eigenvalue weighted by atomic mass is 10.7. The normalized spacial score (nSPS) is 14.4. The fourth-order valence-electron chi connectivity index (χ4n) is 0.0479. The highest BCUT2D eigenvalue weighted by Crippen LogP contribution is 2.22. The van der Waals surface area contributed by atoms with Crippen molar-refractivity contribution < 1.29 is 13.2 Å². The first-order valence-corrected chi connectivity index (χ1v) is 2.49. The largest absolute Gasteiger partial charge is 0.391 e. The van der Waals surface area contributed by atoms with E-state index in [1.54, 1.807) is 0 Å². The predicted octanol–water partition coefficient (Wildman–Crippen LogP) is 2.50. The molecule has 0 fully saturated rings. The van der Waals surface area contributed by atoms with Crippen molar-refractivity contribution in [2.45, 2.75) is 5.38 Å².